The second-order valence-electron chi connectivity index (χ2n) is 6.99. The molecule has 31 heavy (non-hydrogen) atoms. The lowest BCUT2D eigenvalue weighted by Crippen LogP contribution is -3.00. The normalized spacial score (nSPS) is 12.4. The van der Waals surface area contributed by atoms with E-state index in [9.17, 15) is 14.7 Å². The van der Waals surface area contributed by atoms with E-state index in [1.54, 1.807) is 6.92 Å². The Hall–Kier alpha value is -2.13. The van der Waals surface area contributed by atoms with Gasteiger partial charge in [0.2, 0.25) is 0 Å². The molecule has 9 heteroatoms. The standard InChI is InChI=1S/C22H30N2O5S.BrH/c1-4-7-13-22(14-12-19(25)26,20(27)29-6-3)18-15-30-21(24-18)23-16-8-10-17(11-9-16)28-5-2;/h8-11,15H,4-7,12-14H2,1-3H3,(H,23,24)(H,25,26);1H. The number of halogens is 1. The fourth-order valence-corrected chi connectivity index (χ4v) is 4.17. The van der Waals surface area contributed by atoms with Gasteiger partial charge in [0.15, 0.2) is 0 Å². The summed E-state index contributed by atoms with van der Waals surface area (Å²) in [6.07, 6.45) is 2.32. The third kappa shape index (κ3) is 7.50. The number of anilines is 2. The van der Waals surface area contributed by atoms with Gasteiger partial charge in [-0.15, -0.1) is 0 Å². The molecule has 172 valence electrons. The van der Waals surface area contributed by atoms with Crippen LogP contribution in [0.1, 0.15) is 58.6 Å². The predicted octanol–water partition coefficient (Wildman–Crippen LogP) is 1.56. The van der Waals surface area contributed by atoms with Crippen molar-refractivity contribution in [1.82, 2.24) is 0 Å². The molecule has 0 saturated carbocycles. The summed E-state index contributed by atoms with van der Waals surface area (Å²) in [6, 6.07) is 7.60. The Kier molecular flexibility index (Phi) is 11.6. The molecule has 3 N–H and O–H groups in total. The largest absolute Gasteiger partial charge is 1.00 e. The number of aromatic nitrogens is 1. The summed E-state index contributed by atoms with van der Waals surface area (Å²) >= 11 is 1.44. The van der Waals surface area contributed by atoms with Crippen LogP contribution in [-0.4, -0.2) is 30.3 Å². The average Bonchev–Trinajstić information content (AvgIpc) is 3.19. The molecule has 0 aliphatic carbocycles. The molecular weight excluding hydrogens is 484 g/mol. The number of carbonyl (C=O) groups is 2. The topological polar surface area (TPSA) is 99.0 Å². The summed E-state index contributed by atoms with van der Waals surface area (Å²) in [5, 5.41) is 15.2. The molecule has 7 nitrogen and oxygen atoms in total. The maximum absolute atomic E-state index is 13.0. The first kappa shape index (κ1) is 26.9. The molecule has 2 aromatic rings. The van der Waals surface area contributed by atoms with Crippen molar-refractivity contribution in [3.8, 4) is 5.75 Å². The van der Waals surface area contributed by atoms with Crippen LogP contribution in [0.15, 0.2) is 29.6 Å². The maximum atomic E-state index is 13.0. The smallest absolute Gasteiger partial charge is 0.336 e. The molecule has 1 aromatic heterocycles. The lowest BCUT2D eigenvalue weighted by molar-refractivity contribution is -0.374. The molecule has 0 fully saturated rings. The zero-order chi connectivity index (χ0) is 22.0. The minimum atomic E-state index is -1.00. The lowest BCUT2D eigenvalue weighted by Gasteiger charge is -2.28. The van der Waals surface area contributed by atoms with Gasteiger partial charge in [-0.3, -0.25) is 9.59 Å². The van der Waals surface area contributed by atoms with Gasteiger partial charge in [0.25, 0.3) is 0 Å². The first-order chi connectivity index (χ1) is 14.4. The number of rotatable bonds is 13. The predicted molar refractivity (Wildman–Crippen MR) is 116 cm³/mol. The summed E-state index contributed by atoms with van der Waals surface area (Å²) in [5.41, 5.74) is 0.567. The van der Waals surface area contributed by atoms with E-state index in [0.717, 1.165) is 29.4 Å². The van der Waals surface area contributed by atoms with Gasteiger partial charge in [0.1, 0.15) is 22.5 Å². The van der Waals surface area contributed by atoms with Gasteiger partial charge in [-0.05, 0) is 51.0 Å². The zero-order valence-corrected chi connectivity index (χ0v) is 20.6. The number of aliphatic carboxylic acids is 1. The molecule has 1 atom stereocenters. The number of hydrogen-bond acceptors (Lipinski definition) is 6. The number of aromatic amines is 1. The summed E-state index contributed by atoms with van der Waals surface area (Å²) in [4.78, 5) is 27.6. The van der Waals surface area contributed by atoms with Crippen LogP contribution in [0.4, 0.5) is 10.8 Å². The first-order valence-corrected chi connectivity index (χ1v) is 11.2. The van der Waals surface area contributed by atoms with Gasteiger partial charge in [0.05, 0.1) is 13.2 Å². The number of esters is 1. The van der Waals surface area contributed by atoms with E-state index in [1.165, 1.54) is 11.3 Å². The zero-order valence-electron chi connectivity index (χ0n) is 18.2. The minimum absolute atomic E-state index is 0. The van der Waals surface area contributed by atoms with Crippen molar-refractivity contribution in [3.63, 3.8) is 0 Å². The van der Waals surface area contributed by atoms with Crippen LogP contribution in [0.2, 0.25) is 0 Å². The fraction of sp³-hybridized carbons (Fsp3) is 0.500. The number of carboxylic acids is 1. The lowest BCUT2D eigenvalue weighted by atomic mass is 9.76. The van der Waals surface area contributed by atoms with Crippen molar-refractivity contribution in [3.05, 3.63) is 35.3 Å². The molecule has 0 spiro atoms. The third-order valence-corrected chi connectivity index (χ3v) is 5.66. The molecule has 1 unspecified atom stereocenters. The Morgan fingerprint density at radius 1 is 1.13 bits per heavy atom. The van der Waals surface area contributed by atoms with Crippen molar-refractivity contribution in [2.45, 2.75) is 58.3 Å². The SMILES string of the molecule is CCCCC(CCC(=O)O)(C(=O)OCC)c1csc(Nc2ccc(OCC)cc2)[nH+]1.[Br-]. The fourth-order valence-electron chi connectivity index (χ4n) is 3.30. The monoisotopic (exact) mass is 514 g/mol. The summed E-state index contributed by atoms with van der Waals surface area (Å²) < 4.78 is 10.8. The third-order valence-electron chi connectivity index (χ3n) is 4.87. The van der Waals surface area contributed by atoms with Crippen LogP contribution < -0.4 is 32.0 Å². The minimum Gasteiger partial charge on any atom is -1.00 e. The molecule has 2 rings (SSSR count). The van der Waals surface area contributed by atoms with Crippen LogP contribution >= 0.6 is 11.3 Å². The molecule has 0 radical (unpaired) electrons. The average molecular weight is 515 g/mol. The number of H-pyrrole nitrogens is 1. The molecule has 0 saturated heterocycles. The number of hydrogen-bond donors (Lipinski definition) is 2. The van der Waals surface area contributed by atoms with E-state index in [0.29, 0.717) is 18.7 Å². The first-order valence-electron chi connectivity index (χ1n) is 10.3. The van der Waals surface area contributed by atoms with E-state index < -0.39 is 11.4 Å². The van der Waals surface area contributed by atoms with Crippen LogP contribution in [0, 0.1) is 0 Å². The summed E-state index contributed by atoms with van der Waals surface area (Å²) in [5.74, 6) is -0.502. The van der Waals surface area contributed by atoms with Crippen LogP contribution in [0.25, 0.3) is 0 Å². The van der Waals surface area contributed by atoms with Crippen molar-refractivity contribution < 1.29 is 46.1 Å². The number of nitrogens with one attached hydrogen (secondary N) is 2. The van der Waals surface area contributed by atoms with Crippen molar-refractivity contribution in [2.24, 2.45) is 0 Å². The highest BCUT2D eigenvalue weighted by atomic mass is 79.9. The van der Waals surface area contributed by atoms with Crippen LogP contribution in [-0.2, 0) is 19.7 Å². The van der Waals surface area contributed by atoms with Crippen molar-refractivity contribution in [1.29, 1.82) is 0 Å². The summed E-state index contributed by atoms with van der Waals surface area (Å²) in [7, 11) is 0. The molecular formula is C22H31BrN2O5S. The number of carbonyl (C=O) groups excluding carboxylic acids is 1. The van der Waals surface area contributed by atoms with Gasteiger partial charge in [-0.25, -0.2) is 10.3 Å². The van der Waals surface area contributed by atoms with Crippen molar-refractivity contribution in [2.75, 3.05) is 18.5 Å². The maximum Gasteiger partial charge on any atom is 0.336 e. The van der Waals surface area contributed by atoms with Crippen LogP contribution in [0.5, 0.6) is 5.75 Å². The number of benzene rings is 1. The highest BCUT2D eigenvalue weighted by molar-refractivity contribution is 7.13. The van der Waals surface area contributed by atoms with Gasteiger partial charge in [0, 0.05) is 11.8 Å². The van der Waals surface area contributed by atoms with Crippen molar-refractivity contribution >= 4 is 34.1 Å². The van der Waals surface area contributed by atoms with Gasteiger partial charge in [-0.1, -0.05) is 31.1 Å². The van der Waals surface area contributed by atoms with Gasteiger partial charge in [-0.2, -0.15) is 0 Å². The van der Waals surface area contributed by atoms with Crippen LogP contribution in [0.3, 0.4) is 0 Å². The van der Waals surface area contributed by atoms with Gasteiger partial charge < -0.3 is 31.6 Å². The molecule has 0 bridgehead atoms. The van der Waals surface area contributed by atoms with E-state index >= 15 is 0 Å². The Morgan fingerprint density at radius 2 is 1.84 bits per heavy atom. The number of ether oxygens (including phenoxy) is 2. The molecule has 1 aromatic carbocycles. The molecule has 1 heterocycles. The van der Waals surface area contributed by atoms with E-state index in [-0.39, 0.29) is 42.4 Å². The Bertz CT molecular complexity index is 828. The number of unbranched alkanes of at least 4 members (excludes halogenated alkanes) is 1. The molecule has 0 amide bonds. The number of carboxylic acid groups (broad SMARTS) is 1. The van der Waals surface area contributed by atoms with Gasteiger partial charge >= 0.3 is 17.1 Å². The quantitative estimate of drug-likeness (QED) is 0.393. The Balaban J connectivity index is 0.00000480. The molecule has 0 aliphatic rings. The molecule has 0 aliphatic heterocycles. The summed E-state index contributed by atoms with van der Waals surface area (Å²) in [6.45, 7) is 6.60. The van der Waals surface area contributed by atoms with E-state index in [4.69, 9.17) is 9.47 Å². The second kappa shape index (κ2) is 13.3. The Morgan fingerprint density at radius 3 is 2.42 bits per heavy atom. The van der Waals surface area contributed by atoms with E-state index in [1.807, 2.05) is 43.5 Å². The number of thiazole rings is 1. The Labute approximate surface area is 197 Å². The highest BCUT2D eigenvalue weighted by Crippen LogP contribution is 2.36. The highest BCUT2D eigenvalue weighted by Gasteiger charge is 2.45. The van der Waals surface area contributed by atoms with E-state index in [2.05, 4.69) is 10.3 Å². The second-order valence-corrected chi connectivity index (χ2v) is 7.87.